The van der Waals surface area contributed by atoms with Crippen LogP contribution in [0.5, 0.6) is 11.5 Å². The van der Waals surface area contributed by atoms with E-state index < -0.39 is 17.7 Å². The summed E-state index contributed by atoms with van der Waals surface area (Å²) in [6.07, 6.45) is 3.14. The predicted octanol–water partition coefficient (Wildman–Crippen LogP) is 5.03. The summed E-state index contributed by atoms with van der Waals surface area (Å²) in [5, 5.41) is 11.2. The Morgan fingerprint density at radius 2 is 1.72 bits per heavy atom. The number of carbonyl (C=O) groups is 2. The van der Waals surface area contributed by atoms with Crippen molar-refractivity contribution < 1.29 is 24.2 Å². The number of hydrogen-bond acceptors (Lipinski definition) is 6. The van der Waals surface area contributed by atoms with Crippen LogP contribution in [0.25, 0.3) is 5.76 Å². The number of unbranched alkanes of at least 4 members (excludes halogenated alkanes) is 2. The maximum Gasteiger partial charge on any atom is 0.295 e. The maximum atomic E-state index is 13.2. The summed E-state index contributed by atoms with van der Waals surface area (Å²) in [6.45, 7) is 9.52. The first-order valence-corrected chi connectivity index (χ1v) is 12.8. The zero-order chi connectivity index (χ0) is 26.1. The van der Waals surface area contributed by atoms with Crippen molar-refractivity contribution in [3.8, 4) is 11.5 Å². The van der Waals surface area contributed by atoms with E-state index in [-0.39, 0.29) is 11.3 Å². The highest BCUT2D eigenvalue weighted by molar-refractivity contribution is 6.46. The highest BCUT2D eigenvalue weighted by Crippen LogP contribution is 2.42. The largest absolute Gasteiger partial charge is 0.507 e. The van der Waals surface area contributed by atoms with Gasteiger partial charge in [-0.2, -0.15) is 0 Å². The molecular weight excluding hydrogens is 456 g/mol. The van der Waals surface area contributed by atoms with Crippen molar-refractivity contribution in [1.29, 1.82) is 0 Å². The fourth-order valence-electron chi connectivity index (χ4n) is 4.51. The molecule has 1 aliphatic heterocycles. The molecule has 0 bridgehead atoms. The molecule has 1 fully saturated rings. The van der Waals surface area contributed by atoms with Crippen molar-refractivity contribution in [2.75, 3.05) is 39.9 Å². The minimum Gasteiger partial charge on any atom is -0.507 e. The number of hydrogen-bond donors (Lipinski definition) is 1. The molecule has 1 amide bonds. The number of rotatable bonds is 13. The summed E-state index contributed by atoms with van der Waals surface area (Å²) in [4.78, 5) is 30.2. The molecule has 1 aliphatic rings. The SMILES string of the molecule is CCCCCOc1ccc(C2/C(=C(\O)c3ccccc3)C(=O)C(=O)N2CCN(CC)CC)cc1OC. The second kappa shape index (κ2) is 13.1. The molecule has 0 aromatic heterocycles. The van der Waals surface area contributed by atoms with Gasteiger partial charge in [-0.15, -0.1) is 0 Å². The lowest BCUT2D eigenvalue weighted by atomic mass is 9.95. The zero-order valence-corrected chi connectivity index (χ0v) is 21.8. The fraction of sp³-hybridized carbons (Fsp3) is 0.448. The Morgan fingerprint density at radius 3 is 2.36 bits per heavy atom. The molecule has 1 heterocycles. The zero-order valence-electron chi connectivity index (χ0n) is 21.8. The molecule has 36 heavy (non-hydrogen) atoms. The second-order valence-corrected chi connectivity index (χ2v) is 8.85. The van der Waals surface area contributed by atoms with Crippen LogP contribution in [0.4, 0.5) is 0 Å². The van der Waals surface area contributed by atoms with Gasteiger partial charge in [0, 0.05) is 18.7 Å². The van der Waals surface area contributed by atoms with Gasteiger partial charge in [0.1, 0.15) is 5.76 Å². The van der Waals surface area contributed by atoms with Crippen molar-refractivity contribution in [2.24, 2.45) is 0 Å². The number of Topliss-reactive ketones (excluding diaryl/α,β-unsaturated/α-hetero) is 1. The summed E-state index contributed by atoms with van der Waals surface area (Å²) in [7, 11) is 1.57. The predicted molar refractivity (Wildman–Crippen MR) is 141 cm³/mol. The molecule has 0 spiro atoms. The van der Waals surface area contributed by atoms with Crippen LogP contribution in [0.15, 0.2) is 54.1 Å². The maximum absolute atomic E-state index is 13.2. The molecule has 1 unspecified atom stereocenters. The molecule has 7 nitrogen and oxygen atoms in total. The molecular formula is C29H38N2O5. The molecule has 0 aliphatic carbocycles. The van der Waals surface area contributed by atoms with Crippen LogP contribution in [0.1, 0.15) is 57.2 Å². The lowest BCUT2D eigenvalue weighted by Gasteiger charge is -2.28. The number of benzene rings is 2. The Balaban J connectivity index is 2.04. The van der Waals surface area contributed by atoms with E-state index >= 15 is 0 Å². The quantitative estimate of drug-likeness (QED) is 0.182. The topological polar surface area (TPSA) is 79.3 Å². The smallest absolute Gasteiger partial charge is 0.295 e. The highest BCUT2D eigenvalue weighted by Gasteiger charge is 2.46. The summed E-state index contributed by atoms with van der Waals surface area (Å²) in [6, 6.07) is 13.6. The first kappa shape index (κ1) is 27.3. The Morgan fingerprint density at radius 1 is 1.00 bits per heavy atom. The number of nitrogens with zero attached hydrogens (tertiary/aromatic N) is 2. The minimum atomic E-state index is -0.733. The van der Waals surface area contributed by atoms with Crippen LogP contribution in [0.3, 0.4) is 0 Å². The third-order valence-electron chi connectivity index (χ3n) is 6.65. The summed E-state index contributed by atoms with van der Waals surface area (Å²) >= 11 is 0. The van der Waals surface area contributed by atoms with E-state index in [4.69, 9.17) is 9.47 Å². The average Bonchev–Trinajstić information content (AvgIpc) is 3.16. The van der Waals surface area contributed by atoms with Gasteiger partial charge >= 0.3 is 0 Å². The first-order chi connectivity index (χ1) is 17.5. The van der Waals surface area contributed by atoms with Crippen LogP contribution in [0, 0.1) is 0 Å². The Bertz CT molecular complexity index is 1060. The number of carbonyl (C=O) groups excluding carboxylic acids is 2. The van der Waals surface area contributed by atoms with E-state index in [1.807, 2.05) is 18.2 Å². The van der Waals surface area contributed by atoms with Gasteiger partial charge in [0.25, 0.3) is 11.7 Å². The fourth-order valence-corrected chi connectivity index (χ4v) is 4.51. The van der Waals surface area contributed by atoms with Crippen LogP contribution < -0.4 is 9.47 Å². The van der Waals surface area contributed by atoms with Crippen LogP contribution in [-0.4, -0.2) is 66.5 Å². The molecule has 0 radical (unpaired) electrons. The Labute approximate surface area is 214 Å². The van der Waals surface area contributed by atoms with Gasteiger partial charge in [-0.1, -0.05) is 70.0 Å². The Hall–Kier alpha value is -3.32. The van der Waals surface area contributed by atoms with E-state index in [9.17, 15) is 14.7 Å². The normalized spacial score (nSPS) is 17.1. The van der Waals surface area contributed by atoms with E-state index in [0.29, 0.717) is 42.3 Å². The van der Waals surface area contributed by atoms with Gasteiger partial charge in [-0.3, -0.25) is 9.59 Å². The summed E-state index contributed by atoms with van der Waals surface area (Å²) in [5.74, 6) is -0.329. The molecule has 3 rings (SSSR count). The van der Waals surface area contributed by atoms with Gasteiger partial charge in [0.15, 0.2) is 11.5 Å². The molecule has 7 heteroatoms. The van der Waals surface area contributed by atoms with Crippen molar-refractivity contribution in [1.82, 2.24) is 9.80 Å². The van der Waals surface area contributed by atoms with Crippen molar-refractivity contribution in [3.63, 3.8) is 0 Å². The lowest BCUT2D eigenvalue weighted by molar-refractivity contribution is -0.140. The lowest BCUT2D eigenvalue weighted by Crippen LogP contribution is -2.38. The standard InChI is InChI=1S/C29H38N2O5/c1-5-8-12-19-36-23-16-15-22(20-24(23)35-4)26-25(27(32)21-13-10-9-11-14-21)28(33)29(34)31(26)18-17-30(6-2)7-3/h9-11,13-16,20,26,32H,5-8,12,17-19H2,1-4H3/b27-25+. The van der Waals surface area contributed by atoms with Crippen LogP contribution in [-0.2, 0) is 9.59 Å². The molecule has 1 N–H and O–H groups in total. The number of ether oxygens (including phenoxy) is 2. The molecule has 1 atom stereocenters. The summed E-state index contributed by atoms with van der Waals surface area (Å²) < 4.78 is 11.5. The Kier molecular flexibility index (Phi) is 9.94. The van der Waals surface area contributed by atoms with Gasteiger partial charge < -0.3 is 24.4 Å². The average molecular weight is 495 g/mol. The number of likely N-dealkylation sites (tertiary alicyclic amines) is 1. The number of aliphatic hydroxyl groups is 1. The third kappa shape index (κ3) is 6.08. The van der Waals surface area contributed by atoms with Crippen LogP contribution in [0.2, 0.25) is 0 Å². The van der Waals surface area contributed by atoms with Gasteiger partial charge in [0.2, 0.25) is 0 Å². The highest BCUT2D eigenvalue weighted by atomic mass is 16.5. The van der Waals surface area contributed by atoms with Crippen molar-refractivity contribution in [3.05, 3.63) is 65.2 Å². The van der Waals surface area contributed by atoms with E-state index in [0.717, 1.165) is 32.4 Å². The van der Waals surface area contributed by atoms with Crippen molar-refractivity contribution in [2.45, 2.75) is 46.1 Å². The number of ketones is 1. The van der Waals surface area contributed by atoms with Crippen molar-refractivity contribution >= 4 is 17.4 Å². The number of amides is 1. The minimum absolute atomic E-state index is 0.0874. The van der Waals surface area contributed by atoms with E-state index in [1.54, 1.807) is 42.3 Å². The number of likely N-dealkylation sites (N-methyl/N-ethyl adjacent to an activating group) is 1. The van der Waals surface area contributed by atoms with E-state index in [2.05, 4.69) is 25.7 Å². The molecule has 0 saturated carbocycles. The first-order valence-electron chi connectivity index (χ1n) is 12.8. The second-order valence-electron chi connectivity index (χ2n) is 8.85. The van der Waals surface area contributed by atoms with Crippen LogP contribution >= 0.6 is 0 Å². The molecule has 2 aromatic rings. The summed E-state index contributed by atoms with van der Waals surface area (Å²) in [5.41, 5.74) is 1.26. The van der Waals surface area contributed by atoms with Gasteiger partial charge in [-0.05, 0) is 37.2 Å². The molecule has 194 valence electrons. The van der Waals surface area contributed by atoms with Gasteiger partial charge in [-0.25, -0.2) is 0 Å². The number of aliphatic hydroxyl groups excluding tert-OH is 1. The van der Waals surface area contributed by atoms with Gasteiger partial charge in [0.05, 0.1) is 25.3 Å². The monoisotopic (exact) mass is 494 g/mol. The molecule has 2 aromatic carbocycles. The van der Waals surface area contributed by atoms with E-state index in [1.165, 1.54) is 0 Å². The molecule has 1 saturated heterocycles. The number of methoxy groups -OCH3 is 1. The third-order valence-corrected chi connectivity index (χ3v) is 6.65.